The van der Waals surface area contributed by atoms with Crippen LogP contribution >= 0.6 is 11.8 Å². The molecule has 3 aliphatic rings. The van der Waals surface area contributed by atoms with Gasteiger partial charge in [-0.2, -0.15) is 11.8 Å². The van der Waals surface area contributed by atoms with Crippen molar-refractivity contribution in [2.45, 2.75) is 69.2 Å². The first-order chi connectivity index (χ1) is 12.3. The van der Waals surface area contributed by atoms with Crippen LogP contribution in [0.3, 0.4) is 0 Å². The van der Waals surface area contributed by atoms with Gasteiger partial charge in [-0.15, -0.1) is 0 Å². The van der Waals surface area contributed by atoms with Gasteiger partial charge in [0.25, 0.3) is 0 Å². The lowest BCUT2D eigenvalue weighted by Gasteiger charge is -2.45. The van der Waals surface area contributed by atoms with Crippen molar-refractivity contribution in [1.82, 2.24) is 19.8 Å². The van der Waals surface area contributed by atoms with Crippen molar-refractivity contribution in [3.8, 4) is 0 Å². The van der Waals surface area contributed by atoms with E-state index in [1.165, 1.54) is 56.5 Å². The van der Waals surface area contributed by atoms with Crippen molar-refractivity contribution in [1.29, 1.82) is 0 Å². The zero-order valence-corrected chi connectivity index (χ0v) is 16.3. The summed E-state index contributed by atoms with van der Waals surface area (Å²) in [5.74, 6) is 3.53. The minimum Gasteiger partial charge on any atom is -0.351 e. The molecule has 1 saturated heterocycles. The fourth-order valence-electron chi connectivity index (χ4n) is 4.58. The average Bonchev–Trinajstić information content (AvgIpc) is 3.06. The topological polar surface area (TPSA) is 45.5 Å². The van der Waals surface area contributed by atoms with Gasteiger partial charge < -0.3 is 14.8 Å². The molecule has 2 fully saturated rings. The van der Waals surface area contributed by atoms with Crippen LogP contribution in [0.5, 0.6) is 0 Å². The first-order valence-electron chi connectivity index (χ1n) is 9.92. The van der Waals surface area contributed by atoms with Crippen LogP contribution in [-0.2, 0) is 19.5 Å². The summed E-state index contributed by atoms with van der Waals surface area (Å²) in [4.78, 5) is 11.9. The van der Waals surface area contributed by atoms with Crippen LogP contribution in [-0.4, -0.2) is 51.0 Å². The van der Waals surface area contributed by atoms with Crippen LogP contribution < -0.4 is 5.32 Å². The Morgan fingerprint density at radius 3 is 2.92 bits per heavy atom. The molecule has 0 unspecified atom stereocenters. The summed E-state index contributed by atoms with van der Waals surface area (Å²) in [5, 5.41) is 3.58. The first kappa shape index (κ1) is 17.3. The Hall–Kier alpha value is -1.17. The minimum absolute atomic E-state index is 0.474. The van der Waals surface area contributed by atoms with E-state index in [9.17, 15) is 0 Å². The zero-order valence-electron chi connectivity index (χ0n) is 15.5. The number of fused-ring (bicyclic) bond motifs is 1. The third kappa shape index (κ3) is 3.83. The van der Waals surface area contributed by atoms with Crippen LogP contribution in [0.25, 0.3) is 0 Å². The molecule has 0 aromatic carbocycles. The predicted molar refractivity (Wildman–Crippen MR) is 105 cm³/mol. The van der Waals surface area contributed by atoms with Gasteiger partial charge in [0.15, 0.2) is 5.96 Å². The van der Waals surface area contributed by atoms with E-state index in [0.29, 0.717) is 4.75 Å². The number of hydrogen-bond acceptors (Lipinski definition) is 3. The summed E-state index contributed by atoms with van der Waals surface area (Å²) in [5.41, 5.74) is 1.15. The van der Waals surface area contributed by atoms with Crippen molar-refractivity contribution in [2.75, 3.05) is 25.9 Å². The molecule has 1 spiro atoms. The zero-order chi connectivity index (χ0) is 17.1. The molecule has 1 aromatic rings. The number of nitrogens with one attached hydrogen (secondary N) is 1. The number of aromatic nitrogens is 2. The average molecular weight is 362 g/mol. The van der Waals surface area contributed by atoms with Gasteiger partial charge in [-0.1, -0.05) is 19.3 Å². The first-order valence-corrected chi connectivity index (χ1v) is 10.9. The minimum atomic E-state index is 0.474. The number of guanidine groups is 1. The molecule has 0 amide bonds. The molecule has 2 aliphatic heterocycles. The lowest BCUT2D eigenvalue weighted by molar-refractivity contribution is 0.293. The molecule has 25 heavy (non-hydrogen) atoms. The van der Waals surface area contributed by atoms with Crippen molar-refractivity contribution in [3.63, 3.8) is 0 Å². The maximum Gasteiger partial charge on any atom is 0.194 e. The Balaban J connectivity index is 1.38. The fraction of sp³-hybridized carbons (Fsp3) is 0.789. The smallest absolute Gasteiger partial charge is 0.194 e. The number of nitrogens with zero attached hydrogens (tertiary/aromatic N) is 4. The number of aryl methyl sites for hydroxylation is 2. The van der Waals surface area contributed by atoms with E-state index in [-0.39, 0.29) is 0 Å². The summed E-state index contributed by atoms with van der Waals surface area (Å²) in [6.45, 7) is 4.16. The van der Waals surface area contributed by atoms with Gasteiger partial charge in [-0.25, -0.2) is 4.98 Å². The molecule has 4 rings (SSSR count). The van der Waals surface area contributed by atoms with E-state index in [1.54, 1.807) is 0 Å². The molecule has 138 valence electrons. The number of rotatable bonds is 2. The van der Waals surface area contributed by atoms with Gasteiger partial charge in [-0.3, -0.25) is 4.99 Å². The van der Waals surface area contributed by atoms with Gasteiger partial charge in [0.2, 0.25) is 0 Å². The Bertz CT molecular complexity index is 588. The highest BCUT2D eigenvalue weighted by Crippen LogP contribution is 2.42. The quantitative estimate of drug-likeness (QED) is 0.650. The second kappa shape index (κ2) is 7.60. The maximum absolute atomic E-state index is 4.81. The van der Waals surface area contributed by atoms with Gasteiger partial charge in [0.1, 0.15) is 5.82 Å². The number of thioether (sulfide) groups is 1. The third-order valence-corrected chi connectivity index (χ3v) is 7.45. The van der Waals surface area contributed by atoms with Crippen LogP contribution in [0.4, 0.5) is 0 Å². The largest absolute Gasteiger partial charge is 0.351 e. The SMILES string of the molecule is CN=C(NCc1cn2c(n1)CCCC2)N1CCSC2(CCCCC2)C1. The van der Waals surface area contributed by atoms with Gasteiger partial charge in [-0.05, 0) is 25.7 Å². The summed E-state index contributed by atoms with van der Waals surface area (Å²) < 4.78 is 2.81. The van der Waals surface area contributed by atoms with Gasteiger partial charge in [0, 0.05) is 49.8 Å². The Morgan fingerprint density at radius 2 is 2.12 bits per heavy atom. The van der Waals surface area contributed by atoms with E-state index in [0.717, 1.165) is 44.3 Å². The predicted octanol–water partition coefficient (Wildman–Crippen LogP) is 3.05. The molecule has 1 aromatic heterocycles. The standard InChI is InChI=1S/C19H31N5S/c1-20-18(21-13-16-14-23-10-6-3-7-17(23)22-16)24-11-12-25-19(15-24)8-4-2-5-9-19/h14H,2-13,15H2,1H3,(H,20,21). The van der Waals surface area contributed by atoms with E-state index in [2.05, 4.69) is 37.7 Å². The van der Waals surface area contributed by atoms with E-state index >= 15 is 0 Å². The lowest BCUT2D eigenvalue weighted by Crippen LogP contribution is -2.53. The molecule has 0 atom stereocenters. The molecule has 5 nitrogen and oxygen atoms in total. The Kier molecular flexibility index (Phi) is 5.25. The molecule has 1 saturated carbocycles. The maximum atomic E-state index is 4.81. The van der Waals surface area contributed by atoms with Crippen molar-refractivity contribution in [3.05, 3.63) is 17.7 Å². The van der Waals surface area contributed by atoms with Crippen LogP contribution in [0, 0.1) is 0 Å². The van der Waals surface area contributed by atoms with Crippen LogP contribution in [0.2, 0.25) is 0 Å². The van der Waals surface area contributed by atoms with Crippen molar-refractivity contribution < 1.29 is 0 Å². The molecular weight excluding hydrogens is 330 g/mol. The summed E-state index contributed by atoms with van der Waals surface area (Å²) in [6.07, 6.45) is 12.9. The van der Waals surface area contributed by atoms with Crippen LogP contribution in [0.1, 0.15) is 56.5 Å². The van der Waals surface area contributed by atoms with E-state index in [4.69, 9.17) is 4.98 Å². The number of imidazole rings is 1. The highest BCUT2D eigenvalue weighted by atomic mass is 32.2. The second-order valence-electron chi connectivity index (χ2n) is 7.71. The molecule has 1 aliphatic carbocycles. The normalized spacial score (nSPS) is 23.6. The fourth-order valence-corrected chi connectivity index (χ4v) is 6.15. The third-order valence-electron chi connectivity index (χ3n) is 5.91. The van der Waals surface area contributed by atoms with Crippen molar-refractivity contribution >= 4 is 17.7 Å². The highest BCUT2D eigenvalue weighted by Gasteiger charge is 2.38. The van der Waals surface area contributed by atoms with Gasteiger partial charge >= 0.3 is 0 Å². The molecule has 6 heteroatoms. The van der Waals surface area contributed by atoms with E-state index < -0.39 is 0 Å². The number of aliphatic imine (C=N–C) groups is 1. The molecule has 0 bridgehead atoms. The number of hydrogen-bond donors (Lipinski definition) is 1. The molecular formula is C19H31N5S. The molecule has 3 heterocycles. The molecule has 1 N–H and O–H groups in total. The van der Waals surface area contributed by atoms with Crippen LogP contribution in [0.15, 0.2) is 11.2 Å². The highest BCUT2D eigenvalue weighted by molar-refractivity contribution is 8.00. The van der Waals surface area contributed by atoms with E-state index in [1.807, 2.05) is 7.05 Å². The Labute approximate surface area is 155 Å². The Morgan fingerprint density at radius 1 is 1.24 bits per heavy atom. The van der Waals surface area contributed by atoms with Gasteiger partial charge in [0.05, 0.1) is 12.2 Å². The summed E-state index contributed by atoms with van der Waals surface area (Å²) in [7, 11) is 1.91. The summed E-state index contributed by atoms with van der Waals surface area (Å²) >= 11 is 2.21. The lowest BCUT2D eigenvalue weighted by atomic mass is 9.87. The molecule has 0 radical (unpaired) electrons. The van der Waals surface area contributed by atoms with Crippen molar-refractivity contribution in [2.24, 2.45) is 4.99 Å². The summed E-state index contributed by atoms with van der Waals surface area (Å²) in [6, 6.07) is 0. The second-order valence-corrected chi connectivity index (χ2v) is 9.28. The monoisotopic (exact) mass is 361 g/mol.